The molecule has 1 saturated heterocycles. The van der Waals surface area contributed by atoms with Gasteiger partial charge in [-0.1, -0.05) is 0 Å². The highest BCUT2D eigenvalue weighted by Crippen LogP contribution is 2.41. The molecule has 0 radical (unpaired) electrons. The number of esters is 1. The highest BCUT2D eigenvalue weighted by atomic mass is 19.3. The average molecular weight is 524 g/mol. The number of pyridine rings is 1. The molecular weight excluding hydrogens is 491 g/mol. The third-order valence-corrected chi connectivity index (χ3v) is 5.71. The minimum atomic E-state index is -3.14. The third kappa shape index (κ3) is 7.05. The summed E-state index contributed by atoms with van der Waals surface area (Å²) in [7, 11) is 0. The van der Waals surface area contributed by atoms with Crippen molar-refractivity contribution in [3.05, 3.63) is 41.5 Å². The Morgan fingerprint density at radius 1 is 1.24 bits per heavy atom. The van der Waals surface area contributed by atoms with Gasteiger partial charge in [0.2, 0.25) is 0 Å². The van der Waals surface area contributed by atoms with Crippen molar-refractivity contribution in [1.29, 1.82) is 0 Å². The normalized spacial score (nSPS) is 17.6. The third-order valence-electron chi connectivity index (χ3n) is 5.71. The molecule has 1 atom stereocenters. The van der Waals surface area contributed by atoms with Crippen LogP contribution in [0.25, 0.3) is 11.1 Å². The number of ether oxygens (including phenoxy) is 3. The van der Waals surface area contributed by atoms with Crippen LogP contribution in [0.15, 0.2) is 24.4 Å². The van der Waals surface area contributed by atoms with Crippen LogP contribution in [0.3, 0.4) is 0 Å². The van der Waals surface area contributed by atoms with E-state index in [-0.39, 0.29) is 30.0 Å². The van der Waals surface area contributed by atoms with E-state index in [1.807, 2.05) is 11.8 Å². The van der Waals surface area contributed by atoms with Crippen LogP contribution in [0, 0.1) is 12.7 Å². The molecule has 2 heterocycles. The Balaban J connectivity index is 2.09. The van der Waals surface area contributed by atoms with Crippen molar-refractivity contribution in [2.45, 2.75) is 65.7 Å². The second-order valence-corrected chi connectivity index (χ2v) is 10.1. The van der Waals surface area contributed by atoms with Gasteiger partial charge in [0.1, 0.15) is 22.7 Å². The van der Waals surface area contributed by atoms with E-state index in [0.717, 1.165) is 12.1 Å². The quantitative estimate of drug-likeness (QED) is 0.482. The van der Waals surface area contributed by atoms with Crippen LogP contribution in [0.5, 0.6) is 5.75 Å². The van der Waals surface area contributed by atoms with Gasteiger partial charge in [-0.15, -0.1) is 0 Å². The molecule has 37 heavy (non-hydrogen) atoms. The Hall–Kier alpha value is -3.50. The first-order chi connectivity index (χ1) is 17.2. The number of aryl methyl sites for hydroxylation is 1. The van der Waals surface area contributed by atoms with E-state index < -0.39 is 35.6 Å². The van der Waals surface area contributed by atoms with Gasteiger partial charge in [-0.2, -0.15) is 8.78 Å². The molecule has 8 nitrogen and oxygen atoms in total. The van der Waals surface area contributed by atoms with Gasteiger partial charge in [-0.05, 0) is 65.7 Å². The fourth-order valence-corrected chi connectivity index (χ4v) is 4.31. The lowest BCUT2D eigenvalue weighted by Gasteiger charge is -2.30. The van der Waals surface area contributed by atoms with Gasteiger partial charge in [-0.3, -0.25) is 4.98 Å². The van der Waals surface area contributed by atoms with Crippen molar-refractivity contribution in [2.24, 2.45) is 0 Å². The summed E-state index contributed by atoms with van der Waals surface area (Å²) in [5.74, 6) is -1.80. The Morgan fingerprint density at radius 2 is 1.95 bits per heavy atom. The second kappa shape index (κ2) is 10.9. The summed E-state index contributed by atoms with van der Waals surface area (Å²) in [5, 5.41) is 2.90. The smallest absolute Gasteiger partial charge is 0.408 e. The van der Waals surface area contributed by atoms with E-state index in [9.17, 15) is 22.8 Å². The van der Waals surface area contributed by atoms with Crippen LogP contribution < -0.4 is 15.0 Å². The molecule has 11 heteroatoms. The Morgan fingerprint density at radius 3 is 2.57 bits per heavy atom. The van der Waals surface area contributed by atoms with E-state index in [4.69, 9.17) is 9.47 Å². The second-order valence-electron chi connectivity index (χ2n) is 10.1. The number of carbonyl (C=O) groups is 2. The first kappa shape index (κ1) is 28.1. The molecule has 2 aromatic rings. The monoisotopic (exact) mass is 523 g/mol. The van der Waals surface area contributed by atoms with Crippen LogP contribution in [-0.2, 0) is 9.47 Å². The number of carbonyl (C=O) groups excluding carboxylic acids is 2. The number of hydrogen-bond acceptors (Lipinski definition) is 7. The van der Waals surface area contributed by atoms with Crippen LogP contribution >= 0.6 is 0 Å². The first-order valence-electron chi connectivity index (χ1n) is 11.9. The van der Waals surface area contributed by atoms with Crippen molar-refractivity contribution in [3.8, 4) is 16.9 Å². The molecule has 0 aliphatic carbocycles. The van der Waals surface area contributed by atoms with Crippen LogP contribution in [0.2, 0.25) is 0 Å². The number of alkyl halides is 2. The summed E-state index contributed by atoms with van der Waals surface area (Å²) < 4.78 is 55.3. The zero-order valence-corrected chi connectivity index (χ0v) is 21.8. The van der Waals surface area contributed by atoms with E-state index >= 15 is 0 Å². The summed E-state index contributed by atoms with van der Waals surface area (Å²) in [4.78, 5) is 31.6. The van der Waals surface area contributed by atoms with Crippen LogP contribution in [-0.4, -0.2) is 54.5 Å². The predicted molar refractivity (Wildman–Crippen MR) is 132 cm³/mol. The number of nitrogens with zero attached hydrogens (tertiary/aromatic N) is 2. The van der Waals surface area contributed by atoms with E-state index in [0.29, 0.717) is 29.9 Å². The number of alkyl carbamates (subject to hydrolysis) is 1. The maximum absolute atomic E-state index is 14.5. The Labute approximate surface area is 214 Å². The number of halogens is 3. The molecule has 1 aliphatic heterocycles. The SMILES string of the molecule is CCOC(=O)c1cnc(C)c(-c2cc(F)cc(OC(F)F)c2)c1N1CCC(C)(NC(=O)OC(C)(C)C)C1. The standard InChI is InChI=1S/C26H32F3N3O5/c1-7-35-22(33)19-13-30-15(2)20(16-10-17(27)12-18(11-16)36-23(28)29)21(19)32-9-8-26(6,14-32)31-24(34)37-25(3,4)5/h10-13,23H,7-9,14H2,1-6H3,(H,31,34). The summed E-state index contributed by atoms with van der Waals surface area (Å²) >= 11 is 0. The molecule has 202 valence electrons. The summed E-state index contributed by atoms with van der Waals surface area (Å²) in [6, 6.07) is 3.28. The number of amides is 1. The number of aromatic nitrogens is 1. The predicted octanol–water partition coefficient (Wildman–Crippen LogP) is 5.47. The lowest BCUT2D eigenvalue weighted by molar-refractivity contribution is -0.0499. The van der Waals surface area contributed by atoms with E-state index in [1.165, 1.54) is 12.3 Å². The maximum Gasteiger partial charge on any atom is 0.408 e. The zero-order chi connectivity index (χ0) is 27.5. The molecule has 1 aromatic heterocycles. The van der Waals surface area contributed by atoms with Gasteiger partial charge < -0.3 is 24.4 Å². The van der Waals surface area contributed by atoms with Gasteiger partial charge in [0, 0.05) is 36.6 Å². The number of benzene rings is 1. The molecule has 0 spiro atoms. The molecule has 3 rings (SSSR count). The summed E-state index contributed by atoms with van der Waals surface area (Å²) in [6.07, 6.45) is 1.31. The lowest BCUT2D eigenvalue weighted by Crippen LogP contribution is -2.49. The van der Waals surface area contributed by atoms with Crippen molar-refractivity contribution < 1.29 is 37.0 Å². The average Bonchev–Trinajstić information content (AvgIpc) is 3.12. The van der Waals surface area contributed by atoms with Gasteiger partial charge in [0.15, 0.2) is 0 Å². The van der Waals surface area contributed by atoms with Gasteiger partial charge in [0.25, 0.3) is 0 Å². The van der Waals surface area contributed by atoms with Crippen LogP contribution in [0.4, 0.5) is 23.7 Å². The lowest BCUT2D eigenvalue weighted by atomic mass is 9.97. The maximum atomic E-state index is 14.5. The molecular formula is C26H32F3N3O5. The molecule has 1 N–H and O–H groups in total. The summed E-state index contributed by atoms with van der Waals surface area (Å²) in [6.45, 7) is 8.15. The minimum absolute atomic E-state index is 0.117. The number of anilines is 1. The molecule has 0 saturated carbocycles. The van der Waals surface area contributed by atoms with Crippen molar-refractivity contribution >= 4 is 17.7 Å². The van der Waals surface area contributed by atoms with Crippen molar-refractivity contribution in [3.63, 3.8) is 0 Å². The van der Waals surface area contributed by atoms with Gasteiger partial charge >= 0.3 is 18.7 Å². The van der Waals surface area contributed by atoms with E-state index in [2.05, 4.69) is 15.0 Å². The number of hydrogen-bond donors (Lipinski definition) is 1. The molecule has 1 aliphatic rings. The number of rotatable bonds is 7. The fourth-order valence-electron chi connectivity index (χ4n) is 4.31. The first-order valence-corrected chi connectivity index (χ1v) is 11.9. The van der Waals surface area contributed by atoms with Crippen LogP contribution in [0.1, 0.15) is 57.1 Å². The van der Waals surface area contributed by atoms with Crippen molar-refractivity contribution in [2.75, 3.05) is 24.6 Å². The van der Waals surface area contributed by atoms with Gasteiger partial charge in [0.05, 0.1) is 17.8 Å². The van der Waals surface area contributed by atoms with Crippen molar-refractivity contribution in [1.82, 2.24) is 10.3 Å². The summed E-state index contributed by atoms with van der Waals surface area (Å²) in [5.41, 5.74) is 0.139. The largest absolute Gasteiger partial charge is 0.462 e. The molecule has 0 bridgehead atoms. The molecule has 1 aromatic carbocycles. The molecule has 1 unspecified atom stereocenters. The zero-order valence-electron chi connectivity index (χ0n) is 21.8. The van der Waals surface area contributed by atoms with Gasteiger partial charge in [-0.25, -0.2) is 14.0 Å². The minimum Gasteiger partial charge on any atom is -0.462 e. The Bertz CT molecular complexity index is 1170. The topological polar surface area (TPSA) is 90.0 Å². The molecule has 1 fully saturated rings. The highest BCUT2D eigenvalue weighted by molar-refractivity contribution is 6.01. The molecule has 1 amide bonds. The fraction of sp³-hybridized carbons (Fsp3) is 0.500. The van der Waals surface area contributed by atoms with E-state index in [1.54, 1.807) is 34.6 Å². The Kier molecular flexibility index (Phi) is 8.24. The number of nitrogens with one attached hydrogen (secondary N) is 1. The highest BCUT2D eigenvalue weighted by Gasteiger charge is 2.39.